The summed E-state index contributed by atoms with van der Waals surface area (Å²) in [4.78, 5) is 19.1. The first kappa shape index (κ1) is 12.6. The number of aliphatic carboxylic acids is 1. The second-order valence-corrected chi connectivity index (χ2v) is 5.00. The van der Waals surface area contributed by atoms with Crippen molar-refractivity contribution in [3.8, 4) is 11.4 Å². The quantitative estimate of drug-likeness (QED) is 0.739. The molecule has 0 amide bonds. The Morgan fingerprint density at radius 3 is 3.05 bits per heavy atom. The summed E-state index contributed by atoms with van der Waals surface area (Å²) in [5.74, 6) is -0.916. The van der Waals surface area contributed by atoms with E-state index >= 15 is 0 Å². The van der Waals surface area contributed by atoms with E-state index in [-0.39, 0.29) is 5.75 Å². The Morgan fingerprint density at radius 1 is 1.30 bits per heavy atom. The molecule has 3 aromatic rings. The van der Waals surface area contributed by atoms with Crippen molar-refractivity contribution in [1.82, 2.24) is 19.6 Å². The average Bonchev–Trinajstić information content (AvgIpc) is 2.93. The van der Waals surface area contributed by atoms with Crippen LogP contribution in [0.2, 0.25) is 0 Å². The summed E-state index contributed by atoms with van der Waals surface area (Å²) in [5, 5.41) is 13.5. The van der Waals surface area contributed by atoms with Crippen molar-refractivity contribution in [2.24, 2.45) is 0 Å². The largest absolute Gasteiger partial charge is 0.481 e. The van der Waals surface area contributed by atoms with Crippen molar-refractivity contribution in [3.05, 3.63) is 42.9 Å². The van der Waals surface area contributed by atoms with Crippen LogP contribution in [-0.4, -0.2) is 36.4 Å². The topological polar surface area (TPSA) is 80.4 Å². The number of fused-ring (bicyclic) bond motifs is 1. The third kappa shape index (κ3) is 2.48. The number of hydrogen-bond acceptors (Lipinski definition) is 5. The minimum absolute atomic E-state index is 0.0376. The molecule has 0 saturated heterocycles. The van der Waals surface area contributed by atoms with Gasteiger partial charge in [-0.05, 0) is 18.2 Å². The Kier molecular flexibility index (Phi) is 3.34. The van der Waals surface area contributed by atoms with Gasteiger partial charge in [0.1, 0.15) is 10.7 Å². The molecule has 0 aliphatic rings. The lowest BCUT2D eigenvalue weighted by Crippen LogP contribution is -2.00. The lowest BCUT2D eigenvalue weighted by molar-refractivity contribution is -0.133. The van der Waals surface area contributed by atoms with E-state index in [4.69, 9.17) is 5.11 Å². The highest BCUT2D eigenvalue weighted by Gasteiger charge is 2.08. The fraction of sp³-hybridized carbons (Fsp3) is 0.0769. The van der Waals surface area contributed by atoms with Gasteiger partial charge in [0, 0.05) is 0 Å². The maximum Gasteiger partial charge on any atom is 0.313 e. The molecule has 6 nitrogen and oxygen atoms in total. The summed E-state index contributed by atoms with van der Waals surface area (Å²) in [6.07, 6.45) is 4.91. The Bertz CT molecular complexity index is 772. The summed E-state index contributed by atoms with van der Waals surface area (Å²) in [5.41, 5.74) is 2.44. The Labute approximate surface area is 118 Å². The Hall–Kier alpha value is -2.41. The van der Waals surface area contributed by atoms with Gasteiger partial charge in [-0.15, -0.1) is 0 Å². The smallest absolute Gasteiger partial charge is 0.313 e. The average molecular weight is 286 g/mol. The normalized spacial score (nSPS) is 10.8. The van der Waals surface area contributed by atoms with E-state index in [1.165, 1.54) is 0 Å². The Morgan fingerprint density at radius 2 is 2.20 bits per heavy atom. The minimum atomic E-state index is -0.878. The second kappa shape index (κ2) is 5.30. The van der Waals surface area contributed by atoms with E-state index in [2.05, 4.69) is 15.1 Å². The first-order chi connectivity index (χ1) is 9.74. The van der Waals surface area contributed by atoms with Gasteiger partial charge in [0.2, 0.25) is 0 Å². The molecule has 0 fully saturated rings. The standard InChI is InChI=1S/C13H10N4O2S/c18-13(19)8-20-12-7-14-6-10(16-12)11-3-1-2-9-4-5-15-17(9)11/h1-7H,8H2,(H,18,19). The first-order valence-electron chi connectivity index (χ1n) is 5.84. The second-order valence-electron chi connectivity index (χ2n) is 4.00. The zero-order chi connectivity index (χ0) is 13.9. The summed E-state index contributed by atoms with van der Waals surface area (Å²) >= 11 is 1.14. The van der Waals surface area contributed by atoms with Crippen LogP contribution in [0.4, 0.5) is 0 Å². The van der Waals surface area contributed by atoms with Crippen molar-refractivity contribution < 1.29 is 9.90 Å². The lowest BCUT2D eigenvalue weighted by Gasteiger charge is -2.05. The van der Waals surface area contributed by atoms with Crippen LogP contribution in [-0.2, 0) is 4.79 Å². The summed E-state index contributed by atoms with van der Waals surface area (Å²) in [6.45, 7) is 0. The fourth-order valence-corrected chi connectivity index (χ4v) is 2.39. The van der Waals surface area contributed by atoms with Crippen LogP contribution in [0.1, 0.15) is 0 Å². The van der Waals surface area contributed by atoms with Crippen molar-refractivity contribution in [3.63, 3.8) is 0 Å². The fourth-order valence-electron chi connectivity index (χ4n) is 1.82. The molecule has 0 aromatic carbocycles. The van der Waals surface area contributed by atoms with Gasteiger partial charge in [0.25, 0.3) is 0 Å². The molecule has 1 N–H and O–H groups in total. The van der Waals surface area contributed by atoms with E-state index < -0.39 is 5.97 Å². The molecule has 100 valence electrons. The van der Waals surface area contributed by atoms with Crippen molar-refractivity contribution in [2.45, 2.75) is 5.03 Å². The zero-order valence-electron chi connectivity index (χ0n) is 10.3. The Balaban J connectivity index is 1.99. The van der Waals surface area contributed by atoms with Crippen molar-refractivity contribution in [1.29, 1.82) is 0 Å². The molecule has 3 aromatic heterocycles. The number of hydrogen-bond donors (Lipinski definition) is 1. The molecule has 0 saturated carbocycles. The number of thioether (sulfide) groups is 1. The molecular weight excluding hydrogens is 276 g/mol. The van der Waals surface area contributed by atoms with Gasteiger partial charge in [-0.2, -0.15) is 5.10 Å². The molecule has 20 heavy (non-hydrogen) atoms. The molecule has 3 heterocycles. The molecule has 0 aliphatic heterocycles. The minimum Gasteiger partial charge on any atom is -0.481 e. The van der Waals surface area contributed by atoms with Crippen molar-refractivity contribution >= 4 is 23.2 Å². The van der Waals surface area contributed by atoms with E-state index in [0.29, 0.717) is 10.7 Å². The third-order valence-electron chi connectivity index (χ3n) is 2.64. The highest BCUT2D eigenvalue weighted by atomic mass is 32.2. The van der Waals surface area contributed by atoms with Gasteiger partial charge >= 0.3 is 5.97 Å². The number of carboxylic acid groups (broad SMARTS) is 1. The number of carboxylic acids is 1. The van der Waals surface area contributed by atoms with Gasteiger partial charge < -0.3 is 5.11 Å². The highest BCUT2D eigenvalue weighted by molar-refractivity contribution is 7.99. The van der Waals surface area contributed by atoms with Gasteiger partial charge in [-0.3, -0.25) is 9.78 Å². The maximum atomic E-state index is 10.6. The molecule has 0 unspecified atom stereocenters. The van der Waals surface area contributed by atoms with Crippen LogP contribution < -0.4 is 0 Å². The lowest BCUT2D eigenvalue weighted by atomic mass is 10.2. The number of rotatable bonds is 4. The molecule has 3 rings (SSSR count). The van der Waals surface area contributed by atoms with Crippen LogP contribution >= 0.6 is 11.8 Å². The van der Waals surface area contributed by atoms with Crippen LogP contribution in [0.5, 0.6) is 0 Å². The molecule has 0 atom stereocenters. The van der Waals surface area contributed by atoms with E-state index in [0.717, 1.165) is 23.0 Å². The van der Waals surface area contributed by atoms with E-state index in [1.54, 1.807) is 23.1 Å². The SMILES string of the molecule is O=C(O)CSc1cncc(-c2cccc3ccnn23)n1. The summed E-state index contributed by atoms with van der Waals surface area (Å²) < 4.78 is 1.77. The molecule has 7 heteroatoms. The zero-order valence-corrected chi connectivity index (χ0v) is 11.1. The maximum absolute atomic E-state index is 10.6. The van der Waals surface area contributed by atoms with E-state index in [1.807, 2.05) is 24.3 Å². The van der Waals surface area contributed by atoms with Gasteiger partial charge in [0.05, 0.1) is 35.6 Å². The van der Waals surface area contributed by atoms with Crippen molar-refractivity contribution in [2.75, 3.05) is 5.75 Å². The molecule has 0 spiro atoms. The molecule has 0 aliphatic carbocycles. The first-order valence-corrected chi connectivity index (χ1v) is 6.82. The monoisotopic (exact) mass is 286 g/mol. The molecule has 0 bridgehead atoms. The predicted molar refractivity (Wildman–Crippen MR) is 74.6 cm³/mol. The van der Waals surface area contributed by atoms with Crippen LogP contribution in [0.25, 0.3) is 16.9 Å². The van der Waals surface area contributed by atoms with E-state index in [9.17, 15) is 4.79 Å². The number of carbonyl (C=O) groups is 1. The molecule has 0 radical (unpaired) electrons. The number of nitrogens with zero attached hydrogens (tertiary/aromatic N) is 4. The summed E-state index contributed by atoms with van der Waals surface area (Å²) in [7, 11) is 0. The highest BCUT2D eigenvalue weighted by Crippen LogP contribution is 2.21. The van der Waals surface area contributed by atoms with Gasteiger partial charge in [-0.25, -0.2) is 9.50 Å². The molecular formula is C13H10N4O2S. The third-order valence-corrected chi connectivity index (χ3v) is 3.52. The summed E-state index contributed by atoms with van der Waals surface area (Å²) in [6, 6.07) is 7.67. The number of aromatic nitrogens is 4. The van der Waals surface area contributed by atoms with Crippen LogP contribution in [0.15, 0.2) is 47.9 Å². The van der Waals surface area contributed by atoms with Crippen LogP contribution in [0.3, 0.4) is 0 Å². The predicted octanol–water partition coefficient (Wildman–Crippen LogP) is 1.97. The number of pyridine rings is 1. The van der Waals surface area contributed by atoms with Gasteiger partial charge in [-0.1, -0.05) is 17.8 Å². The van der Waals surface area contributed by atoms with Gasteiger partial charge in [0.15, 0.2) is 0 Å². The van der Waals surface area contributed by atoms with Crippen LogP contribution in [0, 0.1) is 0 Å².